The monoisotopic (exact) mass is 707 g/mol. The van der Waals surface area contributed by atoms with Crippen LogP contribution in [0.1, 0.15) is 42.4 Å². The molecule has 1 unspecified atom stereocenters. The lowest BCUT2D eigenvalue weighted by atomic mass is 10.0. The number of hydrogen-bond acceptors (Lipinski definition) is 5. The first kappa shape index (κ1) is 35.3. The van der Waals surface area contributed by atoms with Crippen LogP contribution in [0.5, 0.6) is 5.75 Å². The van der Waals surface area contributed by atoms with Gasteiger partial charge in [0.15, 0.2) is 0 Å². The fourth-order valence-corrected chi connectivity index (χ4v) is 7.82. The first-order valence-electron chi connectivity index (χ1n) is 15.9. The van der Waals surface area contributed by atoms with Crippen LogP contribution in [0, 0.1) is 6.92 Å². The quantitative estimate of drug-likeness (QED) is 0.159. The number of aryl methyl sites for hydroxylation is 1. The van der Waals surface area contributed by atoms with Crippen molar-refractivity contribution in [3.05, 3.63) is 124 Å². The second-order valence-corrected chi connectivity index (χ2v) is 14.6. The SMILES string of the molecule is COc1ccc(S(=O)(=O)N(CC(=O)N(Cc2c(Cl)cccc2Cl)C(Cc2ccccc2)C(=O)NC2CCCC2)c2ccc(C)cc2)cc1. The summed E-state index contributed by atoms with van der Waals surface area (Å²) in [7, 11) is -2.76. The third-order valence-electron chi connectivity index (χ3n) is 8.61. The number of anilines is 1. The zero-order valence-corrected chi connectivity index (χ0v) is 29.3. The number of sulfonamides is 1. The van der Waals surface area contributed by atoms with Gasteiger partial charge in [0, 0.05) is 34.6 Å². The number of hydrogen-bond donors (Lipinski definition) is 1. The summed E-state index contributed by atoms with van der Waals surface area (Å²) >= 11 is 13.2. The summed E-state index contributed by atoms with van der Waals surface area (Å²) in [6.07, 6.45) is 3.94. The van der Waals surface area contributed by atoms with Crippen LogP contribution in [0.25, 0.3) is 0 Å². The van der Waals surface area contributed by atoms with E-state index in [9.17, 15) is 18.0 Å². The van der Waals surface area contributed by atoms with Crippen LogP contribution < -0.4 is 14.4 Å². The minimum absolute atomic E-state index is 0.00358. The van der Waals surface area contributed by atoms with Crippen LogP contribution in [-0.4, -0.2) is 50.9 Å². The number of nitrogens with zero attached hydrogens (tertiary/aromatic N) is 2. The lowest BCUT2D eigenvalue weighted by molar-refractivity contribution is -0.140. The molecule has 1 N–H and O–H groups in total. The molecule has 0 heterocycles. The third kappa shape index (κ3) is 8.50. The predicted octanol–water partition coefficient (Wildman–Crippen LogP) is 7.20. The Labute approximate surface area is 292 Å². The molecule has 1 saturated carbocycles. The van der Waals surface area contributed by atoms with Crippen molar-refractivity contribution in [1.82, 2.24) is 10.2 Å². The fraction of sp³-hybridized carbons (Fsp3) is 0.297. The Morgan fingerprint density at radius 1 is 0.875 bits per heavy atom. The van der Waals surface area contributed by atoms with Gasteiger partial charge in [-0.05, 0) is 73.9 Å². The van der Waals surface area contributed by atoms with Crippen molar-refractivity contribution in [1.29, 1.82) is 0 Å². The van der Waals surface area contributed by atoms with Crippen LogP contribution in [0.4, 0.5) is 5.69 Å². The van der Waals surface area contributed by atoms with Gasteiger partial charge in [-0.1, -0.05) is 90.1 Å². The average Bonchev–Trinajstić information content (AvgIpc) is 3.60. The summed E-state index contributed by atoms with van der Waals surface area (Å²) in [4.78, 5) is 30.3. The van der Waals surface area contributed by atoms with Gasteiger partial charge in [-0.2, -0.15) is 0 Å². The Hall–Kier alpha value is -4.05. The maximum absolute atomic E-state index is 14.7. The van der Waals surface area contributed by atoms with Crippen molar-refractivity contribution < 1.29 is 22.7 Å². The van der Waals surface area contributed by atoms with Crippen molar-refractivity contribution >= 4 is 50.7 Å². The number of amides is 2. The van der Waals surface area contributed by atoms with E-state index in [4.69, 9.17) is 27.9 Å². The van der Waals surface area contributed by atoms with E-state index in [-0.39, 0.29) is 29.8 Å². The number of nitrogens with one attached hydrogen (secondary N) is 1. The standard InChI is InChI=1S/C37H39Cl2N3O5S/c1-26-15-17-29(18-16-26)42(48(45,46)31-21-19-30(47-2)20-22-31)25-36(43)41(24-32-33(38)13-8-14-34(32)39)35(23-27-9-4-3-5-10-27)37(44)40-28-11-6-7-12-28/h3-5,8-10,13-22,28,35H,6-7,11-12,23-25H2,1-2H3,(H,40,44). The molecule has 1 aliphatic rings. The first-order valence-corrected chi connectivity index (χ1v) is 18.1. The number of rotatable bonds is 13. The molecule has 2 amide bonds. The number of ether oxygens (including phenoxy) is 1. The van der Waals surface area contributed by atoms with Crippen LogP contribution >= 0.6 is 23.2 Å². The van der Waals surface area contributed by atoms with E-state index in [2.05, 4.69) is 5.32 Å². The highest BCUT2D eigenvalue weighted by molar-refractivity contribution is 7.92. The summed E-state index contributed by atoms with van der Waals surface area (Å²) in [5, 5.41) is 3.82. The fourth-order valence-electron chi connectivity index (χ4n) is 5.89. The van der Waals surface area contributed by atoms with E-state index in [1.54, 1.807) is 54.6 Å². The molecule has 1 fully saturated rings. The molecule has 1 aliphatic carbocycles. The normalized spacial score (nSPS) is 13.9. The maximum atomic E-state index is 14.7. The predicted molar refractivity (Wildman–Crippen MR) is 190 cm³/mol. The van der Waals surface area contributed by atoms with E-state index >= 15 is 0 Å². The van der Waals surface area contributed by atoms with E-state index in [0.717, 1.165) is 41.1 Å². The third-order valence-corrected chi connectivity index (χ3v) is 11.1. The van der Waals surface area contributed by atoms with Crippen molar-refractivity contribution in [2.75, 3.05) is 18.0 Å². The van der Waals surface area contributed by atoms with Crippen LogP contribution in [0.3, 0.4) is 0 Å². The van der Waals surface area contributed by atoms with Gasteiger partial charge < -0.3 is 15.0 Å². The average molecular weight is 709 g/mol. The molecule has 0 spiro atoms. The molecular weight excluding hydrogens is 669 g/mol. The number of carbonyl (C=O) groups excluding carboxylic acids is 2. The van der Waals surface area contributed by atoms with Gasteiger partial charge in [-0.3, -0.25) is 13.9 Å². The Balaban J connectivity index is 1.59. The van der Waals surface area contributed by atoms with E-state index < -0.39 is 28.5 Å². The summed E-state index contributed by atoms with van der Waals surface area (Å²) in [6.45, 7) is 1.20. The highest BCUT2D eigenvalue weighted by Gasteiger charge is 2.36. The van der Waals surface area contributed by atoms with Crippen molar-refractivity contribution in [2.45, 2.75) is 62.6 Å². The molecule has 5 rings (SSSR count). The Bertz CT molecular complexity index is 1790. The molecule has 0 bridgehead atoms. The molecule has 11 heteroatoms. The smallest absolute Gasteiger partial charge is 0.264 e. The van der Waals surface area contributed by atoms with Crippen molar-refractivity contribution in [3.8, 4) is 5.75 Å². The van der Waals surface area contributed by atoms with Gasteiger partial charge in [-0.25, -0.2) is 8.42 Å². The van der Waals surface area contributed by atoms with Crippen molar-refractivity contribution in [2.24, 2.45) is 0 Å². The number of methoxy groups -OCH3 is 1. The summed E-state index contributed by atoms with van der Waals surface area (Å²) < 4.78 is 34.8. The largest absolute Gasteiger partial charge is 0.497 e. The van der Waals surface area contributed by atoms with Crippen molar-refractivity contribution in [3.63, 3.8) is 0 Å². The highest BCUT2D eigenvalue weighted by Crippen LogP contribution is 2.30. The molecule has 0 radical (unpaired) electrons. The summed E-state index contributed by atoms with van der Waals surface area (Å²) in [5.74, 6) is -0.417. The van der Waals surface area contributed by atoms with Gasteiger partial charge in [0.05, 0.1) is 17.7 Å². The molecular formula is C37H39Cl2N3O5S. The molecule has 48 heavy (non-hydrogen) atoms. The zero-order valence-electron chi connectivity index (χ0n) is 26.9. The molecule has 0 aliphatic heterocycles. The minimum Gasteiger partial charge on any atom is -0.497 e. The zero-order chi connectivity index (χ0) is 34.3. The van der Waals surface area contributed by atoms with E-state index in [1.807, 2.05) is 37.3 Å². The molecule has 4 aromatic carbocycles. The molecule has 252 valence electrons. The lowest BCUT2D eigenvalue weighted by Gasteiger charge is -2.34. The number of halogens is 2. The summed E-state index contributed by atoms with van der Waals surface area (Å²) in [5.41, 5.74) is 2.53. The molecule has 8 nitrogen and oxygen atoms in total. The molecule has 0 saturated heterocycles. The van der Waals surface area contributed by atoms with Gasteiger partial charge in [0.25, 0.3) is 10.0 Å². The Morgan fingerprint density at radius 3 is 2.10 bits per heavy atom. The van der Waals surface area contributed by atoms with Gasteiger partial charge >= 0.3 is 0 Å². The topological polar surface area (TPSA) is 96.0 Å². The van der Waals surface area contributed by atoms with Crippen LogP contribution in [0.2, 0.25) is 10.0 Å². The maximum Gasteiger partial charge on any atom is 0.264 e. The number of carbonyl (C=O) groups is 2. The van der Waals surface area contributed by atoms with Crippen LogP contribution in [0.15, 0.2) is 102 Å². The van der Waals surface area contributed by atoms with Gasteiger partial charge in [0.1, 0.15) is 18.3 Å². The second kappa shape index (κ2) is 15.9. The lowest BCUT2D eigenvalue weighted by Crippen LogP contribution is -2.54. The molecule has 4 aromatic rings. The number of benzene rings is 4. The Kier molecular flexibility index (Phi) is 11.7. The Morgan fingerprint density at radius 2 is 1.50 bits per heavy atom. The van der Waals surface area contributed by atoms with Gasteiger partial charge in [-0.15, -0.1) is 0 Å². The van der Waals surface area contributed by atoms with E-state index in [0.29, 0.717) is 27.0 Å². The minimum atomic E-state index is -4.26. The van der Waals surface area contributed by atoms with E-state index in [1.165, 1.54) is 24.1 Å². The molecule has 1 atom stereocenters. The highest BCUT2D eigenvalue weighted by atomic mass is 35.5. The second-order valence-electron chi connectivity index (χ2n) is 11.9. The van der Waals surface area contributed by atoms with Gasteiger partial charge in [0.2, 0.25) is 11.8 Å². The van der Waals surface area contributed by atoms with Crippen LogP contribution in [-0.2, 0) is 32.6 Å². The first-order chi connectivity index (χ1) is 23.1. The molecule has 0 aromatic heterocycles. The summed E-state index contributed by atoms with van der Waals surface area (Å²) in [6, 6.07) is 26.3.